The number of nitrogens with zero attached hydrogens (tertiary/aromatic N) is 11. The molecule has 0 bridgehead atoms. The zero-order valence-electron chi connectivity index (χ0n) is 76.0. The molecule has 0 N–H and O–H groups in total. The molecule has 616 valence electrons. The van der Waals surface area contributed by atoms with E-state index in [1.165, 1.54) is 142 Å². The maximum atomic E-state index is 15.4. The van der Waals surface area contributed by atoms with Crippen molar-refractivity contribution >= 4 is 130 Å². The summed E-state index contributed by atoms with van der Waals surface area (Å²) in [5.41, 5.74) is 24.0. The second-order valence-corrected chi connectivity index (χ2v) is 38.0. The minimum Gasteiger partial charge on any atom is -0.232 e. The Morgan fingerprint density at radius 1 is 0.234 bits per heavy atom. The lowest BCUT2D eigenvalue weighted by Gasteiger charge is -2.23. The molecule has 0 atom stereocenters. The summed E-state index contributed by atoms with van der Waals surface area (Å²) < 4.78 is 23.2. The molecule has 0 fully saturated rings. The zero-order valence-corrected chi connectivity index (χ0v) is 76.0. The number of fused-ring (bicyclic) bond motifs is 12. The highest BCUT2D eigenvalue weighted by Gasteiger charge is 2.33. The third-order valence-corrected chi connectivity index (χ3v) is 25.4. The van der Waals surface area contributed by atoms with Crippen molar-refractivity contribution in [3.63, 3.8) is 0 Å². The van der Waals surface area contributed by atoms with Gasteiger partial charge in [-0.2, -0.15) is 0 Å². The van der Waals surface area contributed by atoms with E-state index in [0.29, 0.717) is 22.2 Å². The minimum absolute atomic E-state index is 0.0248. The summed E-state index contributed by atoms with van der Waals surface area (Å²) in [4.78, 5) is 20.4. The van der Waals surface area contributed by atoms with E-state index in [-0.39, 0.29) is 27.5 Å². The lowest BCUT2D eigenvalue weighted by Crippen LogP contribution is -2.37. The molecule has 0 saturated carbocycles. The summed E-state index contributed by atoms with van der Waals surface area (Å²) in [6.45, 7) is 42.4. The van der Waals surface area contributed by atoms with Gasteiger partial charge in [0.25, 0.3) is 0 Å². The first-order chi connectivity index (χ1) is 59.0. The Labute approximate surface area is 726 Å². The molecular weight excluding hydrogens is 1520 g/mol. The van der Waals surface area contributed by atoms with Crippen LogP contribution in [0.1, 0.15) is 144 Å². The molecule has 16 aromatic carbocycles. The van der Waals surface area contributed by atoms with Crippen LogP contribution in [0.3, 0.4) is 0 Å². The summed E-state index contributed by atoms with van der Waals surface area (Å²) in [5.74, 6) is 3.16. The summed E-state index contributed by atoms with van der Waals surface area (Å²) >= 11 is 0. The Morgan fingerprint density at radius 3 is 0.782 bits per heavy atom. The van der Waals surface area contributed by atoms with Crippen molar-refractivity contribution in [1.82, 2.24) is 35.2 Å². The average Bonchev–Trinajstić information content (AvgIpc) is 0.751. The highest BCUT2D eigenvalue weighted by atomic mass is 19.1. The van der Waals surface area contributed by atoms with Gasteiger partial charge in [0.15, 0.2) is 27.9 Å². The van der Waals surface area contributed by atoms with Crippen LogP contribution in [0.2, 0.25) is 0 Å². The Hall–Kier alpha value is -13.3. The molecule has 0 spiro atoms. The van der Waals surface area contributed by atoms with Crippen LogP contribution in [-0.2, 0) is 49.9 Å². The first-order valence-electron chi connectivity index (χ1n) is 43.2. The largest absolute Gasteiger partial charge is 0.351 e. The van der Waals surface area contributed by atoms with E-state index in [1.54, 1.807) is 10.7 Å². The summed E-state index contributed by atoms with van der Waals surface area (Å²) in [6.07, 6.45) is 2.22. The molecule has 11 nitrogen and oxygen atoms in total. The van der Waals surface area contributed by atoms with Crippen molar-refractivity contribution in [2.24, 2.45) is 28.2 Å². The van der Waals surface area contributed by atoms with Crippen molar-refractivity contribution in [3.8, 4) is 45.6 Å². The predicted octanol–water partition coefficient (Wildman–Crippen LogP) is 25.8. The third kappa shape index (κ3) is 14.9. The first kappa shape index (κ1) is 83.0. The van der Waals surface area contributed by atoms with Gasteiger partial charge in [0.2, 0.25) is 16.6 Å². The number of rotatable bonds is 4. The SMILES string of the molecule is Cc1c(-c2nc3c(C)c4ccccc4cc3c[n+]2C)cc(C(C)(C)C)c2ccccc12.Cc1c(-c2nc3c(C)c4ccccc4cc3n[n+]2C)cc(C(C)(C)C)c2ccccc12.Cc1c(-c2nc3c(C)c4ccccc4cc3n[n+]2C)cc(C(C)(C)C)c2ccccc12.Cc1c(-c2nc3c(F)c4ccccc4cc3n[n+]2C)cc(C(C)(C)C)c2ccccc12. The van der Waals surface area contributed by atoms with Gasteiger partial charge in [-0.3, -0.25) is 0 Å². The monoisotopic (exact) mass is 1630 g/mol. The number of benzene rings is 16. The van der Waals surface area contributed by atoms with Gasteiger partial charge in [-0.25, -0.2) is 8.96 Å². The van der Waals surface area contributed by atoms with Gasteiger partial charge in [-0.1, -0.05) is 293 Å². The van der Waals surface area contributed by atoms with Crippen LogP contribution in [0.25, 0.3) is 176 Å². The summed E-state index contributed by atoms with van der Waals surface area (Å²) in [6, 6.07) is 85.2. The quantitative estimate of drug-likeness (QED) is 0.128. The molecule has 0 aliphatic rings. The second-order valence-electron chi connectivity index (χ2n) is 38.0. The molecule has 4 heterocycles. The molecule has 0 unspecified atom stereocenters. The van der Waals surface area contributed by atoms with E-state index in [4.69, 9.17) is 35.2 Å². The number of hydrogen-bond acceptors (Lipinski definition) is 7. The highest BCUT2D eigenvalue weighted by Crippen LogP contribution is 2.44. The fourth-order valence-electron chi connectivity index (χ4n) is 18.7. The van der Waals surface area contributed by atoms with Crippen molar-refractivity contribution in [3.05, 3.63) is 316 Å². The fraction of sp³-hybridized carbons (Fsp3) is 0.241. The van der Waals surface area contributed by atoms with Gasteiger partial charge >= 0.3 is 23.3 Å². The van der Waals surface area contributed by atoms with Crippen LogP contribution >= 0.6 is 0 Å². The van der Waals surface area contributed by atoms with Crippen LogP contribution in [0.4, 0.5) is 4.39 Å². The molecule has 20 rings (SSSR count). The number of halogens is 1. The van der Waals surface area contributed by atoms with Crippen LogP contribution < -0.4 is 18.6 Å². The number of hydrogen-bond donors (Lipinski definition) is 0. The lowest BCUT2D eigenvalue weighted by molar-refractivity contribution is -0.720. The van der Waals surface area contributed by atoms with E-state index in [0.717, 1.165) is 72.7 Å². The van der Waals surface area contributed by atoms with Gasteiger partial charge in [0.05, 0.1) is 34.7 Å². The van der Waals surface area contributed by atoms with Crippen molar-refractivity contribution in [2.45, 2.75) is 153 Å². The lowest BCUT2D eigenvalue weighted by atomic mass is 9.81. The normalized spacial score (nSPS) is 12.2. The summed E-state index contributed by atoms with van der Waals surface area (Å²) in [5, 5.41) is 34.8. The molecule has 0 aliphatic carbocycles. The Balaban J connectivity index is 0.000000117. The first-order valence-corrected chi connectivity index (χ1v) is 43.2. The Morgan fingerprint density at radius 2 is 0.468 bits per heavy atom. The van der Waals surface area contributed by atoms with E-state index in [9.17, 15) is 0 Å². The Bertz CT molecular complexity index is 6890. The molecule has 0 saturated heterocycles. The van der Waals surface area contributed by atoms with Crippen LogP contribution in [-0.4, -0.2) is 35.2 Å². The van der Waals surface area contributed by atoms with E-state index < -0.39 is 0 Å². The molecular formula is C112H110FN11+4. The van der Waals surface area contributed by atoms with Crippen molar-refractivity contribution in [2.75, 3.05) is 0 Å². The smallest absolute Gasteiger partial charge is 0.232 e. The summed E-state index contributed by atoms with van der Waals surface area (Å²) in [7, 11) is 7.98. The van der Waals surface area contributed by atoms with Crippen molar-refractivity contribution < 1.29 is 23.0 Å². The number of aromatic nitrogens is 11. The van der Waals surface area contributed by atoms with E-state index >= 15 is 4.39 Å². The maximum Gasteiger partial charge on any atom is 0.351 e. The van der Waals surface area contributed by atoms with Crippen molar-refractivity contribution in [1.29, 1.82) is 0 Å². The second kappa shape index (κ2) is 31.5. The molecule has 20 aromatic rings. The van der Waals surface area contributed by atoms with Gasteiger partial charge in [0, 0.05) is 22.1 Å². The Kier molecular flexibility index (Phi) is 21.1. The standard InChI is InChI=1S/C29H29N2.2C28H28N3.C27H25FN3/c1-18-23-13-9-10-14-24(23)26(29(3,4)5)16-25(18)28-30-27-19(2)22-12-8-7-11-20(22)15-21(27)17-31(28)6;2*1-17-21-13-9-10-14-22(21)24(28(3,4)5)16-23(17)27-29-26-18(2)20-12-8-7-11-19(20)15-25(26)30-31(27)6;1-16-18-11-8-9-13-20(18)22(27(2,3)4)15-21(16)26-29-25-23(30-31(26)5)14-17-10-6-7-12-19(17)24(25)28/h7-17H,1-6H3;2*7-16H,1-6H3;6-15H,1-5H3/q4*+1. The third-order valence-electron chi connectivity index (χ3n) is 25.4. The van der Waals surface area contributed by atoms with Crippen LogP contribution in [0.5, 0.6) is 0 Å². The molecule has 124 heavy (non-hydrogen) atoms. The van der Waals surface area contributed by atoms with E-state index in [1.807, 2.05) is 54.8 Å². The highest BCUT2D eigenvalue weighted by molar-refractivity contribution is 6.05. The van der Waals surface area contributed by atoms with Gasteiger partial charge in [-0.15, -0.1) is 14.0 Å². The van der Waals surface area contributed by atoms with E-state index in [2.05, 4.69) is 362 Å². The maximum absolute atomic E-state index is 15.4. The molecule has 4 aromatic heterocycles. The molecule has 0 aliphatic heterocycles. The average molecular weight is 1630 g/mol. The predicted molar refractivity (Wildman–Crippen MR) is 515 cm³/mol. The topological polar surface area (TPSA) is 106 Å². The number of aryl methyl sites for hydroxylation is 11. The van der Waals surface area contributed by atoms with Gasteiger partial charge < -0.3 is 0 Å². The van der Waals surface area contributed by atoms with Crippen LogP contribution in [0.15, 0.2) is 249 Å². The van der Waals surface area contributed by atoms with Gasteiger partial charge in [0.1, 0.15) is 27.3 Å². The molecule has 0 radical (unpaired) electrons. The zero-order chi connectivity index (χ0) is 87.7. The molecule has 0 amide bonds. The van der Waals surface area contributed by atoms with Gasteiger partial charge in [-0.05, 0) is 264 Å². The molecule has 12 heteroatoms. The minimum atomic E-state index is -0.322. The fourth-order valence-corrected chi connectivity index (χ4v) is 18.7. The van der Waals surface area contributed by atoms with Crippen LogP contribution in [0, 0.1) is 54.3 Å².